The SMILES string of the molecule is CCCCCCCCCCCCCCCC[N+](O)(CCC)CCCCCCCCCCCCCCCC.COS(=O)(=O)[O-]. The van der Waals surface area contributed by atoms with Gasteiger partial charge in [0.25, 0.3) is 0 Å². The highest BCUT2D eigenvalue weighted by Crippen LogP contribution is 2.17. The maximum absolute atomic E-state index is 11.1. The molecule has 0 aliphatic carbocycles. The van der Waals surface area contributed by atoms with E-state index >= 15 is 0 Å². The standard InChI is InChI=1S/C35H74NO.CH4O4S/c1-4-7-9-11-13-15-17-19-21-23-25-27-29-31-34-36(37,33-6-3)35-32-30-28-26-24-22-20-18-16-14-12-10-8-5-2;1-5-6(2,3)4/h37H,4-35H2,1-3H3;1H3,(H,2,3,4)/q+1;/p-1. The van der Waals surface area contributed by atoms with Crippen LogP contribution in [-0.2, 0) is 14.6 Å². The molecule has 262 valence electrons. The van der Waals surface area contributed by atoms with Gasteiger partial charge in [-0.05, 0) is 32.1 Å². The lowest BCUT2D eigenvalue weighted by molar-refractivity contribution is -1.10. The third-order valence-electron chi connectivity index (χ3n) is 8.70. The topological polar surface area (TPSA) is 86.7 Å². The van der Waals surface area contributed by atoms with Crippen LogP contribution < -0.4 is 0 Å². The Hall–Kier alpha value is -0.210. The van der Waals surface area contributed by atoms with Crippen molar-refractivity contribution in [1.29, 1.82) is 0 Å². The van der Waals surface area contributed by atoms with Gasteiger partial charge in [-0.2, -0.15) is 4.65 Å². The molecule has 0 spiro atoms. The Balaban J connectivity index is 0. The van der Waals surface area contributed by atoms with Gasteiger partial charge in [0.1, 0.15) is 19.6 Å². The fourth-order valence-electron chi connectivity index (χ4n) is 5.95. The minimum absolute atomic E-state index is 0.340. The van der Waals surface area contributed by atoms with Crippen molar-refractivity contribution in [1.82, 2.24) is 0 Å². The van der Waals surface area contributed by atoms with Crippen LogP contribution in [0.1, 0.15) is 207 Å². The maximum atomic E-state index is 11.1. The van der Waals surface area contributed by atoms with Crippen molar-refractivity contribution in [2.45, 2.75) is 207 Å². The molecule has 6 nitrogen and oxygen atoms in total. The van der Waals surface area contributed by atoms with Gasteiger partial charge in [-0.15, -0.1) is 0 Å². The first-order chi connectivity index (χ1) is 20.7. The molecule has 1 N–H and O–H groups in total. The molecule has 0 aromatic rings. The van der Waals surface area contributed by atoms with E-state index in [-0.39, 0.29) is 0 Å². The quantitative estimate of drug-likeness (QED) is 0.0255. The molecule has 0 rings (SSSR count). The van der Waals surface area contributed by atoms with E-state index in [0.717, 1.165) is 33.2 Å². The Morgan fingerprint density at radius 2 is 0.651 bits per heavy atom. The summed E-state index contributed by atoms with van der Waals surface area (Å²) in [6.07, 6.45) is 40.3. The normalized spacial score (nSPS) is 12.0. The van der Waals surface area contributed by atoms with E-state index in [4.69, 9.17) is 0 Å². The van der Waals surface area contributed by atoms with Gasteiger partial charge in [-0.1, -0.05) is 175 Å². The molecular weight excluding hydrogens is 558 g/mol. The highest BCUT2D eigenvalue weighted by Gasteiger charge is 2.23. The Labute approximate surface area is 270 Å². The van der Waals surface area contributed by atoms with Gasteiger partial charge in [0.05, 0.1) is 7.11 Å². The molecule has 0 saturated carbocycles. The second-order valence-corrected chi connectivity index (χ2v) is 14.2. The van der Waals surface area contributed by atoms with Crippen molar-refractivity contribution in [3.05, 3.63) is 0 Å². The smallest absolute Gasteiger partial charge is 0.217 e. The Kier molecular flexibility index (Phi) is 36.2. The van der Waals surface area contributed by atoms with E-state index < -0.39 is 10.4 Å². The van der Waals surface area contributed by atoms with E-state index in [1.807, 2.05) is 0 Å². The molecule has 0 radical (unpaired) electrons. The third kappa shape index (κ3) is 39.8. The molecular formula is C36H77NO5S. The van der Waals surface area contributed by atoms with Crippen molar-refractivity contribution >= 4 is 10.4 Å². The first kappa shape index (κ1) is 44.9. The predicted octanol–water partition coefficient (Wildman–Crippen LogP) is 11.7. The molecule has 0 aliphatic heterocycles. The van der Waals surface area contributed by atoms with Crippen molar-refractivity contribution < 1.29 is 27.0 Å². The summed E-state index contributed by atoms with van der Waals surface area (Å²) in [5, 5.41) is 11.1. The van der Waals surface area contributed by atoms with Gasteiger partial charge in [-0.25, -0.2) is 13.6 Å². The maximum Gasteiger partial charge on any atom is 0.217 e. The summed E-state index contributed by atoms with van der Waals surface area (Å²) >= 11 is 0. The summed E-state index contributed by atoms with van der Waals surface area (Å²) in [5.41, 5.74) is 0. The Morgan fingerprint density at radius 1 is 0.442 bits per heavy atom. The van der Waals surface area contributed by atoms with E-state index in [9.17, 15) is 18.2 Å². The van der Waals surface area contributed by atoms with Gasteiger partial charge in [0.15, 0.2) is 0 Å². The molecule has 7 heteroatoms. The number of nitrogens with zero attached hydrogens (tertiary/aromatic N) is 1. The minimum atomic E-state index is -4.41. The first-order valence-electron chi connectivity index (χ1n) is 18.8. The number of rotatable bonds is 33. The van der Waals surface area contributed by atoms with E-state index in [1.165, 1.54) is 180 Å². The van der Waals surface area contributed by atoms with Crippen LogP contribution in [-0.4, -0.2) is 49.6 Å². The number of hydroxylamine groups is 3. The number of quaternary nitrogens is 1. The van der Waals surface area contributed by atoms with Gasteiger partial charge in [-0.3, -0.25) is 4.18 Å². The van der Waals surface area contributed by atoms with Crippen LogP contribution in [0.3, 0.4) is 0 Å². The molecule has 0 aromatic heterocycles. The molecule has 43 heavy (non-hydrogen) atoms. The first-order valence-corrected chi connectivity index (χ1v) is 20.2. The largest absolute Gasteiger partial charge is 0.726 e. The minimum Gasteiger partial charge on any atom is -0.726 e. The molecule has 0 atom stereocenters. The zero-order chi connectivity index (χ0) is 32.3. The van der Waals surface area contributed by atoms with E-state index in [2.05, 4.69) is 25.0 Å². The molecule has 0 bridgehead atoms. The number of hydrogen-bond donors (Lipinski definition) is 1. The third-order valence-corrected chi connectivity index (χ3v) is 9.11. The summed E-state index contributed by atoms with van der Waals surface area (Å²) in [6, 6.07) is 0. The van der Waals surface area contributed by atoms with Crippen LogP contribution in [0.2, 0.25) is 0 Å². The summed E-state index contributed by atoms with van der Waals surface area (Å²) in [7, 11) is -3.60. The molecule has 0 fully saturated rings. The van der Waals surface area contributed by atoms with Crippen LogP contribution in [0.25, 0.3) is 0 Å². The zero-order valence-corrected chi connectivity index (χ0v) is 30.4. The molecule has 0 aliphatic rings. The Morgan fingerprint density at radius 3 is 0.837 bits per heavy atom. The van der Waals surface area contributed by atoms with Crippen molar-refractivity contribution in [2.75, 3.05) is 26.7 Å². The van der Waals surface area contributed by atoms with Gasteiger partial charge >= 0.3 is 0 Å². The van der Waals surface area contributed by atoms with Crippen LogP contribution in [0.15, 0.2) is 0 Å². The molecule has 0 amide bonds. The second kappa shape index (κ2) is 34.7. The monoisotopic (exact) mass is 636 g/mol. The number of hydrogen-bond acceptors (Lipinski definition) is 5. The van der Waals surface area contributed by atoms with Gasteiger partial charge < -0.3 is 4.55 Å². The summed E-state index contributed by atoms with van der Waals surface area (Å²) < 4.78 is 31.4. The van der Waals surface area contributed by atoms with Crippen LogP contribution in [0, 0.1) is 0 Å². The predicted molar refractivity (Wildman–Crippen MR) is 184 cm³/mol. The van der Waals surface area contributed by atoms with E-state index in [0.29, 0.717) is 4.65 Å². The van der Waals surface area contributed by atoms with Gasteiger partial charge in [0, 0.05) is 0 Å². The fraction of sp³-hybridized carbons (Fsp3) is 1.00. The average molecular weight is 636 g/mol. The summed E-state index contributed by atoms with van der Waals surface area (Å²) in [5.74, 6) is 0. The molecule has 0 unspecified atom stereocenters. The Bertz CT molecular complexity index is 597. The highest BCUT2D eigenvalue weighted by molar-refractivity contribution is 7.80. The van der Waals surface area contributed by atoms with Crippen molar-refractivity contribution in [3.8, 4) is 0 Å². The van der Waals surface area contributed by atoms with Gasteiger partial charge in [0.2, 0.25) is 10.4 Å². The summed E-state index contributed by atoms with van der Waals surface area (Å²) in [6.45, 7) is 9.71. The molecule has 0 heterocycles. The highest BCUT2D eigenvalue weighted by atomic mass is 32.3. The average Bonchev–Trinajstić information content (AvgIpc) is 2.97. The van der Waals surface area contributed by atoms with Crippen LogP contribution >= 0.6 is 0 Å². The second-order valence-electron chi connectivity index (χ2n) is 13.0. The lowest BCUT2D eigenvalue weighted by Gasteiger charge is -2.30. The molecule has 0 saturated heterocycles. The lowest BCUT2D eigenvalue weighted by Crippen LogP contribution is -2.46. The van der Waals surface area contributed by atoms with Crippen LogP contribution in [0.5, 0.6) is 0 Å². The van der Waals surface area contributed by atoms with Crippen LogP contribution in [0.4, 0.5) is 0 Å². The fourth-order valence-corrected chi connectivity index (χ4v) is 5.95. The summed E-state index contributed by atoms with van der Waals surface area (Å²) in [4.78, 5) is 0. The van der Waals surface area contributed by atoms with Crippen molar-refractivity contribution in [3.63, 3.8) is 0 Å². The number of unbranched alkanes of at least 4 members (excludes halogenated alkanes) is 26. The van der Waals surface area contributed by atoms with E-state index in [1.54, 1.807) is 0 Å². The zero-order valence-electron chi connectivity index (χ0n) is 29.6. The van der Waals surface area contributed by atoms with Crippen molar-refractivity contribution in [2.24, 2.45) is 0 Å². The lowest BCUT2D eigenvalue weighted by atomic mass is 10.0. The molecule has 0 aromatic carbocycles.